The Bertz CT molecular complexity index is 762. The summed E-state index contributed by atoms with van der Waals surface area (Å²) < 4.78 is 0. The van der Waals surface area contributed by atoms with Crippen LogP contribution in [-0.4, -0.2) is 24.9 Å². The van der Waals surface area contributed by atoms with Crippen LogP contribution in [0.2, 0.25) is 5.02 Å². The van der Waals surface area contributed by atoms with Crippen LogP contribution in [0.25, 0.3) is 0 Å². The first-order chi connectivity index (χ1) is 12.0. The van der Waals surface area contributed by atoms with E-state index in [0.717, 1.165) is 17.7 Å². The van der Waals surface area contributed by atoms with Crippen molar-refractivity contribution in [1.82, 2.24) is 5.32 Å². The van der Waals surface area contributed by atoms with Crippen LogP contribution in [0, 0.1) is 6.92 Å². The summed E-state index contributed by atoms with van der Waals surface area (Å²) in [7, 11) is 0. The summed E-state index contributed by atoms with van der Waals surface area (Å²) in [5, 5.41) is 9.27. The molecule has 3 N–H and O–H groups in total. The number of aryl methyl sites for hydroxylation is 1. The number of carbonyl (C=O) groups excluding carboxylic acids is 2. The first kappa shape index (κ1) is 18.8. The average Bonchev–Trinajstić information content (AvgIpc) is 2.60. The predicted molar refractivity (Wildman–Crippen MR) is 102 cm³/mol. The summed E-state index contributed by atoms with van der Waals surface area (Å²) >= 11 is 5.97. The minimum Gasteiger partial charge on any atom is -0.376 e. The number of benzene rings is 2. The van der Waals surface area contributed by atoms with E-state index in [4.69, 9.17) is 11.6 Å². The lowest BCUT2D eigenvalue weighted by Crippen LogP contribution is -2.25. The van der Waals surface area contributed by atoms with Gasteiger partial charge in [0.05, 0.1) is 6.54 Å². The van der Waals surface area contributed by atoms with E-state index in [2.05, 4.69) is 16.0 Å². The van der Waals surface area contributed by atoms with Crippen molar-refractivity contribution < 1.29 is 9.59 Å². The molecule has 2 amide bonds. The number of amides is 2. The zero-order valence-electron chi connectivity index (χ0n) is 14.4. The molecule has 0 saturated carbocycles. The van der Waals surface area contributed by atoms with Gasteiger partial charge in [0.25, 0.3) is 5.91 Å². The Labute approximate surface area is 152 Å². The van der Waals surface area contributed by atoms with Crippen molar-refractivity contribution in [2.75, 3.05) is 23.7 Å². The summed E-state index contributed by atoms with van der Waals surface area (Å²) in [5.74, 6) is -0.351. The van der Waals surface area contributed by atoms with Gasteiger partial charge >= 0.3 is 0 Å². The Morgan fingerprint density at radius 3 is 2.68 bits per heavy atom. The number of halogens is 1. The van der Waals surface area contributed by atoms with Gasteiger partial charge in [-0.15, -0.1) is 0 Å². The lowest BCUT2D eigenvalue weighted by Gasteiger charge is -2.11. The van der Waals surface area contributed by atoms with Gasteiger partial charge in [-0.1, -0.05) is 30.7 Å². The highest BCUT2D eigenvalue weighted by molar-refractivity contribution is 6.30. The van der Waals surface area contributed by atoms with E-state index < -0.39 is 0 Å². The molecule has 0 spiro atoms. The molecule has 0 saturated heterocycles. The van der Waals surface area contributed by atoms with Crippen molar-refractivity contribution in [1.29, 1.82) is 0 Å². The van der Waals surface area contributed by atoms with Crippen molar-refractivity contribution in [3.05, 3.63) is 58.6 Å². The van der Waals surface area contributed by atoms with Crippen molar-refractivity contribution in [3.8, 4) is 0 Å². The minimum absolute atomic E-state index is 0.105. The van der Waals surface area contributed by atoms with Crippen LogP contribution < -0.4 is 16.0 Å². The highest BCUT2D eigenvalue weighted by atomic mass is 35.5. The van der Waals surface area contributed by atoms with E-state index in [1.807, 2.05) is 19.9 Å². The molecule has 132 valence electrons. The van der Waals surface area contributed by atoms with Gasteiger partial charge in [0.15, 0.2) is 0 Å². The molecular weight excluding hydrogens is 338 g/mol. The largest absolute Gasteiger partial charge is 0.376 e. The van der Waals surface area contributed by atoms with Crippen molar-refractivity contribution in [2.24, 2.45) is 0 Å². The molecule has 0 fully saturated rings. The fraction of sp³-hybridized carbons (Fsp3) is 0.263. The SMILES string of the molecule is CCCNC(=O)c1cccc(NC(=O)CNc2cc(Cl)ccc2C)c1. The molecular formula is C19H22ClN3O2. The summed E-state index contributed by atoms with van der Waals surface area (Å²) in [6, 6.07) is 12.3. The lowest BCUT2D eigenvalue weighted by atomic mass is 10.2. The second-order valence-corrected chi connectivity index (χ2v) is 6.13. The van der Waals surface area contributed by atoms with Gasteiger partial charge in [-0.25, -0.2) is 0 Å². The third kappa shape index (κ3) is 5.80. The van der Waals surface area contributed by atoms with Gasteiger partial charge in [0.2, 0.25) is 5.91 Å². The predicted octanol–water partition coefficient (Wildman–Crippen LogP) is 3.84. The molecule has 0 aliphatic heterocycles. The van der Waals surface area contributed by atoms with Gasteiger partial charge < -0.3 is 16.0 Å². The fourth-order valence-corrected chi connectivity index (χ4v) is 2.42. The molecule has 0 unspecified atom stereocenters. The fourth-order valence-electron chi connectivity index (χ4n) is 2.24. The molecule has 0 aliphatic rings. The van der Waals surface area contributed by atoms with Crippen LogP contribution in [0.1, 0.15) is 29.3 Å². The molecule has 6 heteroatoms. The number of rotatable bonds is 7. The first-order valence-electron chi connectivity index (χ1n) is 8.17. The van der Waals surface area contributed by atoms with Crippen LogP contribution >= 0.6 is 11.6 Å². The molecule has 25 heavy (non-hydrogen) atoms. The van der Waals surface area contributed by atoms with Crippen molar-refractivity contribution >= 4 is 34.8 Å². The number of anilines is 2. The van der Waals surface area contributed by atoms with Crippen LogP contribution in [0.3, 0.4) is 0 Å². The van der Waals surface area contributed by atoms with E-state index in [1.165, 1.54) is 0 Å². The number of hydrogen-bond donors (Lipinski definition) is 3. The summed E-state index contributed by atoms with van der Waals surface area (Å²) in [6.45, 7) is 4.66. The molecule has 5 nitrogen and oxygen atoms in total. The lowest BCUT2D eigenvalue weighted by molar-refractivity contribution is -0.114. The average molecular weight is 360 g/mol. The van der Waals surface area contributed by atoms with Crippen LogP contribution in [0.15, 0.2) is 42.5 Å². The smallest absolute Gasteiger partial charge is 0.251 e. The van der Waals surface area contributed by atoms with Crippen LogP contribution in [-0.2, 0) is 4.79 Å². The Morgan fingerprint density at radius 1 is 1.12 bits per heavy atom. The van der Waals surface area contributed by atoms with Gasteiger partial charge in [-0.3, -0.25) is 9.59 Å². The maximum atomic E-state index is 12.1. The normalized spacial score (nSPS) is 10.2. The van der Waals surface area contributed by atoms with Gasteiger partial charge in [0.1, 0.15) is 0 Å². The zero-order chi connectivity index (χ0) is 18.2. The number of carbonyl (C=O) groups is 2. The van der Waals surface area contributed by atoms with Crippen LogP contribution in [0.4, 0.5) is 11.4 Å². The maximum absolute atomic E-state index is 12.1. The van der Waals surface area contributed by atoms with E-state index in [1.54, 1.807) is 36.4 Å². The van der Waals surface area contributed by atoms with E-state index in [9.17, 15) is 9.59 Å². The molecule has 0 atom stereocenters. The second kappa shape index (κ2) is 9.08. The highest BCUT2D eigenvalue weighted by Gasteiger charge is 2.08. The van der Waals surface area contributed by atoms with Gasteiger partial charge in [0, 0.05) is 28.5 Å². The monoisotopic (exact) mass is 359 g/mol. The highest BCUT2D eigenvalue weighted by Crippen LogP contribution is 2.20. The standard InChI is InChI=1S/C19H22ClN3O2/c1-3-9-21-19(25)14-5-4-6-16(10-14)23-18(24)12-22-17-11-15(20)8-7-13(17)2/h4-8,10-11,22H,3,9,12H2,1-2H3,(H,21,25)(H,23,24). The number of nitrogens with one attached hydrogen (secondary N) is 3. The molecule has 0 aromatic heterocycles. The Balaban J connectivity index is 1.94. The van der Waals surface area contributed by atoms with Crippen LogP contribution in [0.5, 0.6) is 0 Å². The maximum Gasteiger partial charge on any atom is 0.251 e. The van der Waals surface area contributed by atoms with Gasteiger partial charge in [-0.2, -0.15) is 0 Å². The van der Waals surface area contributed by atoms with E-state index >= 15 is 0 Å². The molecule has 0 bridgehead atoms. The number of hydrogen-bond acceptors (Lipinski definition) is 3. The second-order valence-electron chi connectivity index (χ2n) is 5.70. The van der Waals surface area contributed by atoms with Crippen molar-refractivity contribution in [3.63, 3.8) is 0 Å². The summed E-state index contributed by atoms with van der Waals surface area (Å²) in [5.41, 5.74) is 2.92. The first-order valence-corrected chi connectivity index (χ1v) is 8.55. The van der Waals surface area contributed by atoms with Gasteiger partial charge in [-0.05, 0) is 49.2 Å². The quantitative estimate of drug-likeness (QED) is 0.703. The van der Waals surface area contributed by atoms with Crippen molar-refractivity contribution in [2.45, 2.75) is 20.3 Å². The third-order valence-corrected chi connectivity index (χ3v) is 3.82. The Morgan fingerprint density at radius 2 is 1.92 bits per heavy atom. The summed E-state index contributed by atoms with van der Waals surface area (Å²) in [6.07, 6.45) is 0.872. The summed E-state index contributed by atoms with van der Waals surface area (Å²) in [4.78, 5) is 24.1. The molecule has 0 heterocycles. The Hall–Kier alpha value is -2.53. The Kier molecular flexibility index (Phi) is 6.83. The minimum atomic E-state index is -0.203. The molecule has 2 aromatic carbocycles. The van der Waals surface area contributed by atoms with E-state index in [0.29, 0.717) is 22.8 Å². The zero-order valence-corrected chi connectivity index (χ0v) is 15.1. The molecule has 2 rings (SSSR count). The third-order valence-electron chi connectivity index (χ3n) is 3.58. The molecule has 0 aliphatic carbocycles. The molecule has 0 radical (unpaired) electrons. The topological polar surface area (TPSA) is 70.2 Å². The molecule has 2 aromatic rings. The van der Waals surface area contributed by atoms with E-state index in [-0.39, 0.29) is 18.4 Å².